The first kappa shape index (κ1) is 27.2. The summed E-state index contributed by atoms with van der Waals surface area (Å²) in [6.07, 6.45) is 4.26. The van der Waals surface area contributed by atoms with Crippen LogP contribution in [0.4, 0.5) is 10.5 Å². The predicted octanol–water partition coefficient (Wildman–Crippen LogP) is 3.13. The van der Waals surface area contributed by atoms with Gasteiger partial charge in [-0.15, -0.1) is 0 Å². The van der Waals surface area contributed by atoms with Gasteiger partial charge in [-0.2, -0.15) is 0 Å². The summed E-state index contributed by atoms with van der Waals surface area (Å²) in [5, 5.41) is 8.15. The molecule has 0 bridgehead atoms. The number of hydrogen-bond donors (Lipinski definition) is 3. The van der Waals surface area contributed by atoms with Gasteiger partial charge in [0.1, 0.15) is 6.04 Å². The number of fused-ring (bicyclic) bond motifs is 3. The van der Waals surface area contributed by atoms with Crippen LogP contribution in [0.15, 0.2) is 30.6 Å². The number of amides is 3. The molecule has 3 aromatic rings. The van der Waals surface area contributed by atoms with Crippen molar-refractivity contribution in [3.05, 3.63) is 35.6 Å². The number of aromatic nitrogens is 2. The number of alkyl carbamates (subject to hydrolysis) is 1. The van der Waals surface area contributed by atoms with Crippen LogP contribution in [-0.4, -0.2) is 95.3 Å². The van der Waals surface area contributed by atoms with Crippen molar-refractivity contribution in [1.82, 2.24) is 25.1 Å². The summed E-state index contributed by atoms with van der Waals surface area (Å²) in [5.41, 5.74) is 1.63. The lowest BCUT2D eigenvalue weighted by Crippen LogP contribution is -2.60. The summed E-state index contributed by atoms with van der Waals surface area (Å²) in [7, 11) is 1.33. The third-order valence-corrected chi connectivity index (χ3v) is 7.60. The Bertz CT molecular complexity index is 1400. The van der Waals surface area contributed by atoms with Crippen molar-refractivity contribution in [2.75, 3.05) is 45.2 Å². The van der Waals surface area contributed by atoms with Crippen LogP contribution >= 0.6 is 11.6 Å². The van der Waals surface area contributed by atoms with Gasteiger partial charge in [0.15, 0.2) is 0 Å². The molecule has 1 unspecified atom stereocenters. The number of anilines is 1. The van der Waals surface area contributed by atoms with E-state index in [4.69, 9.17) is 16.3 Å². The summed E-state index contributed by atoms with van der Waals surface area (Å²) in [5.74, 6) is -0.338. The van der Waals surface area contributed by atoms with Crippen LogP contribution in [0.25, 0.3) is 21.8 Å². The summed E-state index contributed by atoms with van der Waals surface area (Å²) in [4.78, 5) is 49.6. The Morgan fingerprint density at radius 3 is 2.74 bits per heavy atom. The Balaban J connectivity index is 1.30. The Labute approximate surface area is 231 Å². The molecular formula is C27H33ClN6O5. The Hall–Kier alpha value is -3.41. The quantitative estimate of drug-likeness (QED) is 0.440. The molecule has 11 nitrogen and oxygen atoms in total. The zero-order valence-electron chi connectivity index (χ0n) is 22.3. The molecule has 2 aliphatic heterocycles. The summed E-state index contributed by atoms with van der Waals surface area (Å²) < 4.78 is 10.7. The molecular weight excluding hydrogens is 524 g/mol. The number of methoxy groups -OCH3 is 1. The van der Waals surface area contributed by atoms with Gasteiger partial charge in [-0.05, 0) is 44.9 Å². The molecule has 3 amide bonds. The minimum Gasteiger partial charge on any atom is -0.453 e. The summed E-state index contributed by atoms with van der Waals surface area (Å²) >= 11 is 6.42. The highest BCUT2D eigenvalue weighted by molar-refractivity contribution is 6.33. The van der Waals surface area contributed by atoms with Crippen molar-refractivity contribution in [2.45, 2.75) is 44.4 Å². The maximum absolute atomic E-state index is 13.6. The van der Waals surface area contributed by atoms with Crippen LogP contribution in [0.3, 0.4) is 0 Å². The molecule has 0 spiro atoms. The Morgan fingerprint density at radius 2 is 2.00 bits per heavy atom. The number of benzene rings is 1. The van der Waals surface area contributed by atoms with Gasteiger partial charge in [-0.1, -0.05) is 11.6 Å². The van der Waals surface area contributed by atoms with Crippen molar-refractivity contribution < 1.29 is 23.9 Å². The van der Waals surface area contributed by atoms with Gasteiger partial charge < -0.3 is 30.0 Å². The van der Waals surface area contributed by atoms with E-state index in [1.165, 1.54) is 7.11 Å². The molecule has 3 N–H and O–H groups in total. The molecule has 0 saturated carbocycles. The number of aromatic amines is 1. The van der Waals surface area contributed by atoms with Crippen molar-refractivity contribution in [3.8, 4) is 0 Å². The van der Waals surface area contributed by atoms with E-state index in [9.17, 15) is 14.4 Å². The Morgan fingerprint density at radius 1 is 1.23 bits per heavy atom. The van der Waals surface area contributed by atoms with E-state index in [1.807, 2.05) is 30.9 Å². The van der Waals surface area contributed by atoms with Crippen LogP contribution in [0.1, 0.15) is 26.7 Å². The van der Waals surface area contributed by atoms with E-state index in [2.05, 4.69) is 25.3 Å². The molecule has 12 heteroatoms. The monoisotopic (exact) mass is 556 g/mol. The lowest BCUT2D eigenvalue weighted by molar-refractivity contribution is -0.150. The van der Waals surface area contributed by atoms with Gasteiger partial charge >= 0.3 is 6.09 Å². The zero-order valence-corrected chi connectivity index (χ0v) is 23.0. The van der Waals surface area contributed by atoms with Gasteiger partial charge in [0.05, 0.1) is 48.8 Å². The van der Waals surface area contributed by atoms with Gasteiger partial charge in [-0.25, -0.2) is 4.79 Å². The van der Waals surface area contributed by atoms with Crippen LogP contribution in [0.5, 0.6) is 0 Å². The molecule has 1 atom stereocenters. The normalized spacial score (nSPS) is 20.2. The van der Waals surface area contributed by atoms with Gasteiger partial charge in [-0.3, -0.25) is 19.5 Å². The first-order chi connectivity index (χ1) is 18.6. The highest BCUT2D eigenvalue weighted by Gasteiger charge is 2.39. The number of likely N-dealkylation sites (tertiary alicyclic amines) is 1. The smallest absolute Gasteiger partial charge is 0.407 e. The fraction of sp³-hybridized carbons (Fsp3) is 0.481. The standard InChI is InChI=1S/C27H33ClN6O5/c1-27(2)15-34(13-23(35)33-8-5-17(6-9-33)30-26(37)38-3)22(14-39-27)25(36)32-20-11-16(28)10-19-18-4-7-29-12-21(18)31-24(19)20/h4,7,10-12,17,22,31H,5-6,8-9,13-15H2,1-3H3,(H,30,37)(H,32,36). The molecule has 39 heavy (non-hydrogen) atoms. The molecule has 2 aromatic heterocycles. The molecule has 2 aliphatic rings. The predicted molar refractivity (Wildman–Crippen MR) is 148 cm³/mol. The van der Waals surface area contributed by atoms with Gasteiger partial charge in [0, 0.05) is 47.7 Å². The second-order valence-electron chi connectivity index (χ2n) is 10.7. The van der Waals surface area contributed by atoms with Crippen LogP contribution in [0.2, 0.25) is 5.02 Å². The highest BCUT2D eigenvalue weighted by Crippen LogP contribution is 2.33. The molecule has 2 fully saturated rings. The van der Waals surface area contributed by atoms with Crippen LogP contribution in [-0.2, 0) is 19.1 Å². The van der Waals surface area contributed by atoms with E-state index >= 15 is 0 Å². The zero-order chi connectivity index (χ0) is 27.7. The number of carbonyl (C=O) groups excluding carboxylic acids is 3. The summed E-state index contributed by atoms with van der Waals surface area (Å²) in [6.45, 7) is 5.59. The fourth-order valence-corrected chi connectivity index (χ4v) is 5.59. The summed E-state index contributed by atoms with van der Waals surface area (Å²) in [6, 6.07) is 4.76. The number of morpholine rings is 1. The minimum atomic E-state index is -0.666. The van der Waals surface area contributed by atoms with Crippen molar-refractivity contribution >= 4 is 57.0 Å². The molecule has 4 heterocycles. The first-order valence-corrected chi connectivity index (χ1v) is 13.4. The first-order valence-electron chi connectivity index (χ1n) is 13.0. The third kappa shape index (κ3) is 5.95. The number of halogens is 1. The van der Waals surface area contributed by atoms with E-state index in [0.29, 0.717) is 43.2 Å². The van der Waals surface area contributed by atoms with Gasteiger partial charge in [0.25, 0.3) is 0 Å². The second-order valence-corrected chi connectivity index (χ2v) is 11.1. The SMILES string of the molecule is COC(=O)NC1CCN(C(=O)CN2CC(C)(C)OCC2C(=O)Nc2cc(Cl)cc3c2[nH]c2cnccc23)CC1. The average Bonchev–Trinajstić information content (AvgIpc) is 3.27. The van der Waals surface area contributed by atoms with E-state index in [-0.39, 0.29) is 31.0 Å². The molecule has 1 aromatic carbocycles. The molecule has 208 valence electrons. The third-order valence-electron chi connectivity index (χ3n) is 7.38. The van der Waals surface area contributed by atoms with E-state index < -0.39 is 17.7 Å². The van der Waals surface area contributed by atoms with Crippen LogP contribution in [0, 0.1) is 0 Å². The maximum atomic E-state index is 13.6. The van der Waals surface area contributed by atoms with Crippen molar-refractivity contribution in [3.63, 3.8) is 0 Å². The van der Waals surface area contributed by atoms with Crippen molar-refractivity contribution in [2.24, 2.45) is 0 Å². The fourth-order valence-electron chi connectivity index (χ4n) is 5.37. The lowest BCUT2D eigenvalue weighted by atomic mass is 10.0. The Kier molecular flexibility index (Phi) is 7.66. The molecule has 0 aliphatic carbocycles. The highest BCUT2D eigenvalue weighted by atomic mass is 35.5. The lowest BCUT2D eigenvalue weighted by Gasteiger charge is -2.43. The van der Waals surface area contributed by atoms with Crippen molar-refractivity contribution in [1.29, 1.82) is 0 Å². The number of nitrogens with zero attached hydrogens (tertiary/aromatic N) is 3. The van der Waals surface area contributed by atoms with Crippen LogP contribution < -0.4 is 10.6 Å². The van der Waals surface area contributed by atoms with Gasteiger partial charge in [0.2, 0.25) is 11.8 Å². The number of pyridine rings is 1. The number of hydrogen-bond acceptors (Lipinski definition) is 7. The number of H-pyrrole nitrogens is 1. The number of rotatable bonds is 5. The number of ether oxygens (including phenoxy) is 2. The largest absolute Gasteiger partial charge is 0.453 e. The minimum absolute atomic E-state index is 0.0303. The second kappa shape index (κ2) is 11.0. The number of carbonyl (C=O) groups is 3. The molecule has 0 radical (unpaired) electrons. The topological polar surface area (TPSA) is 129 Å². The number of nitrogens with one attached hydrogen (secondary N) is 3. The average molecular weight is 557 g/mol. The number of piperidine rings is 1. The van der Waals surface area contributed by atoms with E-state index in [0.717, 1.165) is 21.8 Å². The maximum Gasteiger partial charge on any atom is 0.407 e. The van der Waals surface area contributed by atoms with E-state index in [1.54, 1.807) is 23.4 Å². The molecule has 2 saturated heterocycles. The molecule has 5 rings (SSSR count).